The Balaban J connectivity index is 3.13. The molecule has 1 heterocycles. The van der Waals surface area contributed by atoms with Crippen molar-refractivity contribution in [3.63, 3.8) is 0 Å². The topological polar surface area (TPSA) is 20.5 Å². The number of pyridine rings is 1. The molecule has 1 unspecified atom stereocenters. The first kappa shape index (κ1) is 9.53. The Labute approximate surface area is 78.8 Å². The molecular formula is C10H13N3. The Kier molecular flexibility index (Phi) is 2.86. The van der Waals surface area contributed by atoms with E-state index in [4.69, 9.17) is 6.57 Å². The van der Waals surface area contributed by atoms with Gasteiger partial charge < -0.3 is 9.74 Å². The summed E-state index contributed by atoms with van der Waals surface area (Å²) in [6.07, 6.45) is 1.75. The van der Waals surface area contributed by atoms with E-state index in [-0.39, 0.29) is 6.04 Å². The van der Waals surface area contributed by atoms with Gasteiger partial charge in [-0.25, -0.2) is 11.6 Å². The van der Waals surface area contributed by atoms with Crippen LogP contribution in [-0.4, -0.2) is 19.1 Å². The van der Waals surface area contributed by atoms with Crippen molar-refractivity contribution in [2.75, 3.05) is 19.0 Å². The van der Waals surface area contributed by atoms with Crippen LogP contribution in [0.2, 0.25) is 0 Å². The third kappa shape index (κ3) is 1.97. The molecule has 0 aliphatic rings. The Bertz CT molecular complexity index is 325. The first-order chi connectivity index (χ1) is 6.16. The lowest BCUT2D eigenvalue weighted by molar-refractivity contribution is 0.921. The molecule has 0 fully saturated rings. The van der Waals surface area contributed by atoms with E-state index in [2.05, 4.69) is 9.83 Å². The van der Waals surface area contributed by atoms with Crippen LogP contribution in [0, 0.1) is 6.57 Å². The molecule has 0 radical (unpaired) electrons. The molecule has 68 valence electrons. The summed E-state index contributed by atoms with van der Waals surface area (Å²) in [6, 6.07) is 3.70. The maximum absolute atomic E-state index is 6.96. The van der Waals surface area contributed by atoms with Crippen molar-refractivity contribution < 1.29 is 0 Å². The van der Waals surface area contributed by atoms with E-state index in [1.807, 2.05) is 38.1 Å². The lowest BCUT2D eigenvalue weighted by Crippen LogP contribution is -2.13. The molecule has 1 aromatic heterocycles. The van der Waals surface area contributed by atoms with Gasteiger partial charge in [0.15, 0.2) is 0 Å². The summed E-state index contributed by atoms with van der Waals surface area (Å²) in [5, 5.41) is 0. The Morgan fingerprint density at radius 1 is 1.54 bits per heavy atom. The Morgan fingerprint density at radius 2 is 2.23 bits per heavy atom. The minimum absolute atomic E-state index is 0.119. The van der Waals surface area contributed by atoms with E-state index in [9.17, 15) is 0 Å². The van der Waals surface area contributed by atoms with Gasteiger partial charge in [0, 0.05) is 27.2 Å². The molecule has 0 aliphatic heterocycles. The maximum Gasteiger partial charge on any atom is 0.249 e. The molecule has 0 bridgehead atoms. The van der Waals surface area contributed by atoms with Crippen molar-refractivity contribution >= 4 is 5.82 Å². The quantitative estimate of drug-likeness (QED) is 0.642. The highest BCUT2D eigenvalue weighted by Gasteiger charge is 2.15. The van der Waals surface area contributed by atoms with Crippen molar-refractivity contribution in [1.82, 2.24) is 4.98 Å². The third-order valence-corrected chi connectivity index (χ3v) is 1.88. The van der Waals surface area contributed by atoms with E-state index in [0.29, 0.717) is 0 Å². The average molecular weight is 175 g/mol. The largest absolute Gasteiger partial charge is 0.362 e. The second-order valence-electron chi connectivity index (χ2n) is 3.12. The van der Waals surface area contributed by atoms with Crippen LogP contribution < -0.4 is 4.90 Å². The van der Waals surface area contributed by atoms with Gasteiger partial charge in [0.05, 0.1) is 5.56 Å². The van der Waals surface area contributed by atoms with Gasteiger partial charge >= 0.3 is 0 Å². The number of rotatable bonds is 2. The summed E-state index contributed by atoms with van der Waals surface area (Å²) in [6.45, 7) is 8.85. The predicted molar refractivity (Wildman–Crippen MR) is 53.6 cm³/mol. The zero-order valence-corrected chi connectivity index (χ0v) is 8.15. The van der Waals surface area contributed by atoms with Crippen molar-refractivity contribution in [3.8, 4) is 0 Å². The fraction of sp³-hybridized carbons (Fsp3) is 0.400. The molecule has 0 saturated heterocycles. The monoisotopic (exact) mass is 175 g/mol. The number of hydrogen-bond acceptors (Lipinski definition) is 2. The average Bonchev–Trinajstić information content (AvgIpc) is 2.16. The lowest BCUT2D eigenvalue weighted by atomic mass is 10.1. The Morgan fingerprint density at radius 3 is 2.77 bits per heavy atom. The molecule has 1 aromatic rings. The van der Waals surface area contributed by atoms with Crippen LogP contribution in [0.15, 0.2) is 18.3 Å². The van der Waals surface area contributed by atoms with Gasteiger partial charge in [-0.2, -0.15) is 0 Å². The van der Waals surface area contributed by atoms with Crippen molar-refractivity contribution in [2.45, 2.75) is 13.0 Å². The summed E-state index contributed by atoms with van der Waals surface area (Å²) in [7, 11) is 3.87. The van der Waals surface area contributed by atoms with Crippen LogP contribution in [0.25, 0.3) is 4.85 Å². The summed E-state index contributed by atoms with van der Waals surface area (Å²) < 4.78 is 0. The van der Waals surface area contributed by atoms with Gasteiger partial charge in [0.25, 0.3) is 0 Å². The van der Waals surface area contributed by atoms with Crippen molar-refractivity contribution in [2.24, 2.45) is 0 Å². The van der Waals surface area contributed by atoms with Crippen molar-refractivity contribution in [1.29, 1.82) is 0 Å². The molecule has 1 atom stereocenters. The zero-order valence-electron chi connectivity index (χ0n) is 8.15. The van der Waals surface area contributed by atoms with E-state index in [0.717, 1.165) is 11.4 Å². The van der Waals surface area contributed by atoms with E-state index in [1.54, 1.807) is 6.20 Å². The minimum atomic E-state index is -0.119. The number of aromatic nitrogens is 1. The summed E-state index contributed by atoms with van der Waals surface area (Å²) in [4.78, 5) is 9.64. The number of nitrogens with zero attached hydrogens (tertiary/aromatic N) is 3. The molecule has 3 heteroatoms. The van der Waals surface area contributed by atoms with Gasteiger partial charge in [0.1, 0.15) is 5.82 Å². The lowest BCUT2D eigenvalue weighted by Gasteiger charge is -2.14. The normalized spacial score (nSPS) is 11.8. The third-order valence-electron chi connectivity index (χ3n) is 1.88. The summed E-state index contributed by atoms with van der Waals surface area (Å²) in [5.41, 5.74) is 0.988. The van der Waals surface area contributed by atoms with Crippen LogP contribution in [0.5, 0.6) is 0 Å². The molecule has 13 heavy (non-hydrogen) atoms. The highest BCUT2D eigenvalue weighted by molar-refractivity contribution is 5.47. The predicted octanol–water partition coefficient (Wildman–Crippen LogP) is 2.13. The van der Waals surface area contributed by atoms with Crippen LogP contribution in [-0.2, 0) is 0 Å². The molecule has 0 spiro atoms. The SMILES string of the molecule is [C-]#[N+]C(C)c1cccnc1N(C)C. The molecular weight excluding hydrogens is 162 g/mol. The number of hydrogen-bond donors (Lipinski definition) is 0. The van der Waals surface area contributed by atoms with E-state index in [1.165, 1.54) is 0 Å². The standard InChI is InChI=1S/C10H13N3/c1-8(11-2)9-6-5-7-12-10(9)13(3)4/h5-8H,1,3-4H3. The molecule has 0 aliphatic carbocycles. The van der Waals surface area contributed by atoms with Crippen LogP contribution in [0.1, 0.15) is 18.5 Å². The zero-order chi connectivity index (χ0) is 9.84. The molecule has 0 N–H and O–H groups in total. The van der Waals surface area contributed by atoms with Gasteiger partial charge in [-0.15, -0.1) is 0 Å². The molecule has 1 rings (SSSR count). The summed E-state index contributed by atoms with van der Waals surface area (Å²) >= 11 is 0. The van der Waals surface area contributed by atoms with Gasteiger partial charge in [-0.05, 0) is 12.1 Å². The Hall–Kier alpha value is -1.56. The molecule has 0 amide bonds. The second kappa shape index (κ2) is 3.90. The van der Waals surface area contributed by atoms with Gasteiger partial charge in [-0.1, -0.05) is 0 Å². The van der Waals surface area contributed by atoms with Gasteiger partial charge in [0.2, 0.25) is 6.04 Å². The first-order valence-corrected chi connectivity index (χ1v) is 4.15. The maximum atomic E-state index is 6.96. The fourth-order valence-electron chi connectivity index (χ4n) is 1.18. The fourth-order valence-corrected chi connectivity index (χ4v) is 1.18. The van der Waals surface area contributed by atoms with Gasteiger partial charge in [-0.3, -0.25) is 0 Å². The summed E-state index contributed by atoms with van der Waals surface area (Å²) in [5.74, 6) is 0.881. The highest BCUT2D eigenvalue weighted by atomic mass is 15.1. The highest BCUT2D eigenvalue weighted by Crippen LogP contribution is 2.24. The second-order valence-corrected chi connectivity index (χ2v) is 3.12. The van der Waals surface area contributed by atoms with Crippen LogP contribution in [0.3, 0.4) is 0 Å². The first-order valence-electron chi connectivity index (χ1n) is 4.15. The molecule has 3 nitrogen and oxygen atoms in total. The van der Waals surface area contributed by atoms with Crippen LogP contribution in [0.4, 0.5) is 5.82 Å². The number of anilines is 1. The van der Waals surface area contributed by atoms with E-state index < -0.39 is 0 Å². The molecule has 0 saturated carbocycles. The smallest absolute Gasteiger partial charge is 0.249 e. The van der Waals surface area contributed by atoms with Crippen LogP contribution >= 0.6 is 0 Å². The van der Waals surface area contributed by atoms with Crippen molar-refractivity contribution in [3.05, 3.63) is 35.3 Å². The minimum Gasteiger partial charge on any atom is -0.362 e. The van der Waals surface area contributed by atoms with E-state index >= 15 is 0 Å². The molecule has 0 aromatic carbocycles.